The summed E-state index contributed by atoms with van der Waals surface area (Å²) >= 11 is 1.33. The SMILES string of the molecule is CCS(=O)(=O)N1CCN(CC(=O)Nc2nc(-c3ccc(OC)cc3OC)cs2)CC1. The Labute approximate surface area is 180 Å². The van der Waals surface area contributed by atoms with E-state index in [9.17, 15) is 13.2 Å². The predicted molar refractivity (Wildman–Crippen MR) is 117 cm³/mol. The molecule has 0 bridgehead atoms. The number of aromatic nitrogens is 1. The average Bonchev–Trinajstić information content (AvgIpc) is 3.21. The molecular weight excluding hydrogens is 428 g/mol. The van der Waals surface area contributed by atoms with Gasteiger partial charge in [-0.1, -0.05) is 0 Å². The third-order valence-corrected chi connectivity index (χ3v) is 7.53. The second-order valence-corrected chi connectivity index (χ2v) is 9.84. The number of rotatable bonds is 8. The van der Waals surface area contributed by atoms with Crippen LogP contribution in [0, 0.1) is 0 Å². The van der Waals surface area contributed by atoms with Gasteiger partial charge in [0.15, 0.2) is 5.13 Å². The van der Waals surface area contributed by atoms with Crippen LogP contribution in [0.1, 0.15) is 6.92 Å². The molecule has 0 spiro atoms. The number of hydrogen-bond donors (Lipinski definition) is 1. The van der Waals surface area contributed by atoms with Crippen LogP contribution < -0.4 is 14.8 Å². The lowest BCUT2D eigenvalue weighted by Crippen LogP contribution is -2.50. The quantitative estimate of drug-likeness (QED) is 0.648. The number of piperazine rings is 1. The first kappa shape index (κ1) is 22.5. The van der Waals surface area contributed by atoms with E-state index in [0.717, 1.165) is 5.56 Å². The molecule has 2 heterocycles. The average molecular weight is 455 g/mol. The molecule has 1 aliphatic rings. The zero-order valence-electron chi connectivity index (χ0n) is 17.3. The van der Waals surface area contributed by atoms with Gasteiger partial charge >= 0.3 is 0 Å². The van der Waals surface area contributed by atoms with Crippen molar-refractivity contribution >= 4 is 32.4 Å². The number of carbonyl (C=O) groups excluding carboxylic acids is 1. The van der Waals surface area contributed by atoms with Crippen molar-refractivity contribution in [2.45, 2.75) is 6.92 Å². The van der Waals surface area contributed by atoms with E-state index < -0.39 is 10.0 Å². The number of benzene rings is 1. The van der Waals surface area contributed by atoms with Crippen LogP contribution in [0.5, 0.6) is 11.5 Å². The van der Waals surface area contributed by atoms with E-state index in [1.165, 1.54) is 15.6 Å². The number of carbonyl (C=O) groups is 1. The number of thiazole rings is 1. The fraction of sp³-hybridized carbons (Fsp3) is 0.474. The fourth-order valence-corrected chi connectivity index (χ4v) is 4.99. The van der Waals surface area contributed by atoms with Crippen LogP contribution in [0.3, 0.4) is 0 Å². The lowest BCUT2D eigenvalue weighted by Gasteiger charge is -2.33. The molecule has 0 radical (unpaired) electrons. The highest BCUT2D eigenvalue weighted by Crippen LogP contribution is 2.34. The molecule has 1 saturated heterocycles. The van der Waals surface area contributed by atoms with Gasteiger partial charge in [0.25, 0.3) is 0 Å². The first-order valence-corrected chi connectivity index (χ1v) is 12.0. The highest BCUT2D eigenvalue weighted by atomic mass is 32.2. The topological polar surface area (TPSA) is 101 Å². The molecule has 30 heavy (non-hydrogen) atoms. The van der Waals surface area contributed by atoms with Gasteiger partial charge in [0.1, 0.15) is 11.5 Å². The van der Waals surface area contributed by atoms with Crippen molar-refractivity contribution in [2.75, 3.05) is 58.0 Å². The minimum atomic E-state index is -3.18. The molecule has 1 aromatic heterocycles. The van der Waals surface area contributed by atoms with Gasteiger partial charge in [-0.2, -0.15) is 4.31 Å². The minimum absolute atomic E-state index is 0.0961. The van der Waals surface area contributed by atoms with Gasteiger partial charge in [-0.25, -0.2) is 13.4 Å². The third kappa shape index (κ3) is 5.28. The first-order chi connectivity index (χ1) is 14.4. The number of nitrogens with zero attached hydrogens (tertiary/aromatic N) is 3. The van der Waals surface area contributed by atoms with E-state index >= 15 is 0 Å². The lowest BCUT2D eigenvalue weighted by molar-refractivity contribution is -0.117. The Morgan fingerprint density at radius 3 is 2.57 bits per heavy atom. The largest absolute Gasteiger partial charge is 0.497 e. The van der Waals surface area contributed by atoms with Crippen molar-refractivity contribution in [3.05, 3.63) is 23.6 Å². The van der Waals surface area contributed by atoms with Gasteiger partial charge in [0, 0.05) is 43.2 Å². The van der Waals surface area contributed by atoms with Gasteiger partial charge in [-0.3, -0.25) is 9.69 Å². The first-order valence-electron chi connectivity index (χ1n) is 9.54. The second kappa shape index (κ2) is 9.73. The third-order valence-electron chi connectivity index (χ3n) is 4.89. The Morgan fingerprint density at radius 1 is 1.20 bits per heavy atom. The summed E-state index contributed by atoms with van der Waals surface area (Å²) in [4.78, 5) is 18.8. The van der Waals surface area contributed by atoms with Gasteiger partial charge < -0.3 is 14.8 Å². The summed E-state index contributed by atoms with van der Waals surface area (Å²) in [5.41, 5.74) is 1.51. The van der Waals surface area contributed by atoms with E-state index in [1.807, 2.05) is 22.4 Å². The number of methoxy groups -OCH3 is 2. The number of ether oxygens (including phenoxy) is 2. The number of hydrogen-bond acceptors (Lipinski definition) is 8. The zero-order valence-corrected chi connectivity index (χ0v) is 18.9. The Balaban J connectivity index is 1.57. The van der Waals surface area contributed by atoms with Crippen LogP contribution in [-0.2, 0) is 14.8 Å². The highest BCUT2D eigenvalue weighted by molar-refractivity contribution is 7.89. The monoisotopic (exact) mass is 454 g/mol. The Bertz CT molecular complexity index is 985. The van der Waals surface area contributed by atoms with E-state index in [1.54, 1.807) is 27.2 Å². The molecule has 11 heteroatoms. The standard InChI is InChI=1S/C19H26N4O5S2/c1-4-30(25,26)23-9-7-22(8-10-23)12-18(24)21-19-20-16(13-29-19)15-6-5-14(27-2)11-17(15)28-3/h5-6,11,13H,4,7-10,12H2,1-3H3,(H,20,21,24). The molecule has 1 aromatic carbocycles. The van der Waals surface area contributed by atoms with Crippen LogP contribution in [0.4, 0.5) is 5.13 Å². The van der Waals surface area contributed by atoms with Crippen molar-refractivity contribution in [2.24, 2.45) is 0 Å². The molecule has 164 valence electrons. The van der Waals surface area contributed by atoms with E-state index in [0.29, 0.717) is 48.5 Å². The van der Waals surface area contributed by atoms with Gasteiger partial charge in [-0.05, 0) is 19.1 Å². The molecule has 1 fully saturated rings. The molecular formula is C19H26N4O5S2. The van der Waals surface area contributed by atoms with Crippen molar-refractivity contribution in [3.63, 3.8) is 0 Å². The van der Waals surface area contributed by atoms with Crippen molar-refractivity contribution in [1.82, 2.24) is 14.2 Å². The summed E-state index contributed by atoms with van der Waals surface area (Å²) < 4.78 is 36.0. The zero-order chi connectivity index (χ0) is 21.7. The molecule has 0 unspecified atom stereocenters. The summed E-state index contributed by atoms with van der Waals surface area (Å²) in [6.45, 7) is 3.70. The fourth-order valence-electron chi connectivity index (χ4n) is 3.18. The number of sulfonamides is 1. The maximum atomic E-state index is 12.4. The molecule has 1 N–H and O–H groups in total. The second-order valence-electron chi connectivity index (χ2n) is 6.73. The van der Waals surface area contributed by atoms with Gasteiger partial charge in [0.05, 0.1) is 32.2 Å². The van der Waals surface area contributed by atoms with Crippen molar-refractivity contribution in [1.29, 1.82) is 0 Å². The molecule has 3 rings (SSSR count). The molecule has 0 saturated carbocycles. The molecule has 1 amide bonds. The van der Waals surface area contributed by atoms with Crippen molar-refractivity contribution < 1.29 is 22.7 Å². The Hall–Kier alpha value is -2.21. The van der Waals surface area contributed by atoms with E-state index in [2.05, 4.69) is 10.3 Å². The van der Waals surface area contributed by atoms with Crippen LogP contribution in [0.15, 0.2) is 23.6 Å². The summed E-state index contributed by atoms with van der Waals surface area (Å²) in [7, 11) is -0.00295. The smallest absolute Gasteiger partial charge is 0.240 e. The van der Waals surface area contributed by atoms with Crippen LogP contribution >= 0.6 is 11.3 Å². The maximum absolute atomic E-state index is 12.4. The lowest BCUT2D eigenvalue weighted by atomic mass is 10.1. The molecule has 1 aliphatic heterocycles. The summed E-state index contributed by atoms with van der Waals surface area (Å²) in [6.07, 6.45) is 0. The predicted octanol–water partition coefficient (Wildman–Crippen LogP) is 1.73. The summed E-state index contributed by atoms with van der Waals surface area (Å²) in [6, 6.07) is 5.47. The maximum Gasteiger partial charge on any atom is 0.240 e. The Kier molecular flexibility index (Phi) is 7.29. The normalized spacial score (nSPS) is 15.7. The molecule has 0 aliphatic carbocycles. The molecule has 9 nitrogen and oxygen atoms in total. The van der Waals surface area contributed by atoms with Crippen molar-refractivity contribution in [3.8, 4) is 22.8 Å². The summed E-state index contributed by atoms with van der Waals surface area (Å²) in [5.74, 6) is 1.24. The molecule has 0 atom stereocenters. The number of anilines is 1. The molecule has 2 aromatic rings. The Morgan fingerprint density at radius 2 is 1.93 bits per heavy atom. The minimum Gasteiger partial charge on any atom is -0.497 e. The van der Waals surface area contributed by atoms with E-state index in [-0.39, 0.29) is 18.2 Å². The van der Waals surface area contributed by atoms with E-state index in [4.69, 9.17) is 9.47 Å². The summed E-state index contributed by atoms with van der Waals surface area (Å²) in [5, 5.41) is 5.18. The van der Waals surface area contributed by atoms with Gasteiger partial charge in [-0.15, -0.1) is 11.3 Å². The van der Waals surface area contributed by atoms with Crippen LogP contribution in [0.25, 0.3) is 11.3 Å². The van der Waals surface area contributed by atoms with Crippen LogP contribution in [0.2, 0.25) is 0 Å². The number of nitrogens with one attached hydrogen (secondary N) is 1. The number of amides is 1. The van der Waals surface area contributed by atoms with Gasteiger partial charge in [0.2, 0.25) is 15.9 Å². The van der Waals surface area contributed by atoms with Crippen LogP contribution in [-0.4, -0.2) is 81.2 Å². The highest BCUT2D eigenvalue weighted by Gasteiger charge is 2.26.